The normalized spacial score (nSPS) is 13.3. The number of anilines is 5. The Morgan fingerprint density at radius 3 is 0.818 bits per heavy atom. The Morgan fingerprint density at radius 2 is 0.536 bits per heavy atom. The molecule has 0 aromatic heterocycles. The Bertz CT molecular complexity index is 5490. The van der Waals surface area contributed by atoms with E-state index in [0.717, 1.165) is 67.9 Å². The van der Waals surface area contributed by atoms with Crippen LogP contribution in [-0.2, 0) is 32.5 Å². The van der Waals surface area contributed by atoms with Gasteiger partial charge < -0.3 is 9.80 Å². The molecule has 110 heavy (non-hydrogen) atoms. The molecule has 0 aliphatic carbocycles. The molecule has 2 nitrogen and oxygen atoms in total. The molecule has 0 saturated heterocycles. The van der Waals surface area contributed by atoms with Crippen LogP contribution in [0.5, 0.6) is 0 Å². The molecule has 2 heteroatoms. The summed E-state index contributed by atoms with van der Waals surface area (Å²) in [5.74, 6) is 0. The van der Waals surface area contributed by atoms with Crippen molar-refractivity contribution in [2.24, 2.45) is 10.8 Å². The maximum Gasteiger partial charge on any atom is 0.0619 e. The Hall–Kier alpha value is -10.0. The SMILES string of the molecule is C/C=C(\C=C(/CC(C)(C)C)N(c1cc(C(C)(C)C)cc(C(C)(C)C)c1)c1c2ccc(-c3ccccc3)cc2c(-c2c3cc(-c4ccccc4)ccc3c(N(c3cc(C(C)(C)C)cc(C(C)(C)C)c3)c3cc(C(C)(C)C)cc(C(C)(C)C)c3)c3cc(-c4ccccc4)ccc23)c2ccc(-c3ccccc3)cc12)C(C)(C)C. The highest BCUT2D eigenvalue weighted by Gasteiger charge is 2.35. The van der Waals surface area contributed by atoms with E-state index >= 15 is 0 Å². The van der Waals surface area contributed by atoms with Crippen LogP contribution in [0.1, 0.15) is 213 Å². The van der Waals surface area contributed by atoms with Crippen molar-refractivity contribution in [1.29, 1.82) is 0 Å². The van der Waals surface area contributed by atoms with Crippen LogP contribution in [0.2, 0.25) is 0 Å². The molecule has 0 heterocycles. The number of fused-ring (bicyclic) bond motifs is 4. The fourth-order valence-corrected chi connectivity index (χ4v) is 16.0. The van der Waals surface area contributed by atoms with Crippen LogP contribution in [-0.4, -0.2) is 0 Å². The van der Waals surface area contributed by atoms with Gasteiger partial charge in [0.25, 0.3) is 0 Å². The van der Waals surface area contributed by atoms with E-state index in [4.69, 9.17) is 0 Å². The average molecular weight is 1450 g/mol. The Balaban J connectivity index is 1.34. The highest BCUT2D eigenvalue weighted by molar-refractivity contribution is 6.31. The largest absolute Gasteiger partial charge is 0.313 e. The second-order valence-corrected chi connectivity index (χ2v) is 39.8. The Kier molecular flexibility index (Phi) is 20.6. The number of benzene rings is 13. The third-order valence-electron chi connectivity index (χ3n) is 22.5. The summed E-state index contributed by atoms with van der Waals surface area (Å²) in [5.41, 5.74) is 26.4. The fourth-order valence-electron chi connectivity index (χ4n) is 16.0. The lowest BCUT2D eigenvalue weighted by atomic mass is 9.79. The third-order valence-corrected chi connectivity index (χ3v) is 22.5. The van der Waals surface area contributed by atoms with Crippen molar-refractivity contribution in [3.05, 3.63) is 306 Å². The summed E-state index contributed by atoms with van der Waals surface area (Å²) in [6.07, 6.45) is 5.72. The van der Waals surface area contributed by atoms with Gasteiger partial charge in [-0.25, -0.2) is 0 Å². The van der Waals surface area contributed by atoms with Gasteiger partial charge in [0.05, 0.1) is 11.4 Å². The van der Waals surface area contributed by atoms with E-state index in [1.807, 2.05) is 0 Å². The van der Waals surface area contributed by atoms with E-state index in [1.54, 1.807) is 0 Å². The molecule has 0 spiro atoms. The van der Waals surface area contributed by atoms with Crippen molar-refractivity contribution in [2.75, 3.05) is 9.80 Å². The van der Waals surface area contributed by atoms with Crippen molar-refractivity contribution in [3.63, 3.8) is 0 Å². The second kappa shape index (κ2) is 29.0. The van der Waals surface area contributed by atoms with Crippen molar-refractivity contribution in [2.45, 2.75) is 212 Å². The van der Waals surface area contributed by atoms with Crippen LogP contribution < -0.4 is 9.80 Å². The minimum Gasteiger partial charge on any atom is -0.313 e. The number of hydrogen-bond acceptors (Lipinski definition) is 2. The summed E-state index contributed by atoms with van der Waals surface area (Å²) < 4.78 is 0. The standard InChI is InChI=1S/C108H120N2/c1-26-78(102(5,6)7)62-88(69-101(2,3)4)110(87-67-83(107(20,21)22)61-84(68-87)108(23,24)25)100-92-54-50-75(71-41-33-28-34-42-71)56-94(92)98(90-52-48-77(58-96(90)100)73-45-37-30-38-46-73)97-89-51-47-76(72-43-35-29-36-44-72)57-95(89)99(91-53-49-74(55-93(91)97)70-39-31-27-32-40-70)109(85-63-79(103(8,9)10)59-80(64-85)104(11,12)13)86-65-81(105(14,15)16)60-82(66-86)106(17,18)19/h26-68H,69H2,1-25H3/b78-26+,88-62+. The average Bonchev–Trinajstić information content (AvgIpc) is 0.699. The molecule has 0 aliphatic heterocycles. The van der Waals surface area contributed by atoms with Gasteiger partial charge in [-0.15, -0.1) is 0 Å². The number of nitrogens with zero attached hydrogens (tertiary/aromatic N) is 2. The molecule has 13 rings (SSSR count). The molecule has 562 valence electrons. The molecular weight excluding hydrogens is 1330 g/mol. The van der Waals surface area contributed by atoms with Gasteiger partial charge in [-0.2, -0.15) is 0 Å². The molecular formula is C108H120N2. The topological polar surface area (TPSA) is 6.48 Å². The summed E-state index contributed by atoms with van der Waals surface area (Å²) in [5, 5.41) is 9.36. The van der Waals surface area contributed by atoms with E-state index in [9.17, 15) is 0 Å². The lowest BCUT2D eigenvalue weighted by Gasteiger charge is -2.37. The molecule has 13 aromatic rings. The van der Waals surface area contributed by atoms with Gasteiger partial charge in [-0.3, -0.25) is 0 Å². The van der Waals surface area contributed by atoms with E-state index < -0.39 is 0 Å². The quantitative estimate of drug-likeness (QED) is 0.0838. The molecule has 0 saturated carbocycles. The number of hydrogen-bond donors (Lipinski definition) is 0. The van der Waals surface area contributed by atoms with Crippen LogP contribution in [0.3, 0.4) is 0 Å². The molecule has 0 bridgehead atoms. The Morgan fingerprint density at radius 1 is 0.264 bits per heavy atom. The van der Waals surface area contributed by atoms with Crippen molar-refractivity contribution in [3.8, 4) is 55.6 Å². The first-order valence-corrected chi connectivity index (χ1v) is 40.3. The molecule has 0 radical (unpaired) electrons. The highest BCUT2D eigenvalue weighted by atomic mass is 15.2. The predicted molar refractivity (Wildman–Crippen MR) is 484 cm³/mol. The first-order valence-electron chi connectivity index (χ1n) is 40.3. The van der Waals surface area contributed by atoms with Crippen LogP contribution in [0, 0.1) is 10.8 Å². The zero-order chi connectivity index (χ0) is 79.2. The first kappa shape index (κ1) is 78.1. The zero-order valence-electron chi connectivity index (χ0n) is 70.9. The first-order chi connectivity index (χ1) is 51.5. The zero-order valence-corrected chi connectivity index (χ0v) is 70.9. The van der Waals surface area contributed by atoms with Crippen molar-refractivity contribution >= 4 is 71.5 Å². The van der Waals surface area contributed by atoms with E-state index in [1.165, 1.54) is 110 Å². The third kappa shape index (κ3) is 16.1. The van der Waals surface area contributed by atoms with Gasteiger partial charge in [0, 0.05) is 44.3 Å². The van der Waals surface area contributed by atoms with E-state index in [-0.39, 0.29) is 43.3 Å². The van der Waals surface area contributed by atoms with Gasteiger partial charge in [-0.1, -0.05) is 360 Å². The van der Waals surface area contributed by atoms with E-state index in [2.05, 4.69) is 444 Å². The van der Waals surface area contributed by atoms with Gasteiger partial charge in [0.2, 0.25) is 0 Å². The maximum absolute atomic E-state index is 2.75. The van der Waals surface area contributed by atoms with Crippen LogP contribution >= 0.6 is 0 Å². The minimum absolute atomic E-state index is 0.135. The minimum atomic E-state index is -0.178. The summed E-state index contributed by atoms with van der Waals surface area (Å²) in [6, 6.07) is 96.8. The molecule has 0 N–H and O–H groups in total. The molecule has 0 unspecified atom stereocenters. The molecule has 0 amide bonds. The molecule has 0 atom stereocenters. The predicted octanol–water partition coefficient (Wildman–Crippen LogP) is 32.3. The van der Waals surface area contributed by atoms with Crippen molar-refractivity contribution in [1.82, 2.24) is 0 Å². The van der Waals surface area contributed by atoms with Gasteiger partial charge in [0.1, 0.15) is 0 Å². The smallest absolute Gasteiger partial charge is 0.0619 e. The van der Waals surface area contributed by atoms with Crippen LogP contribution in [0.25, 0.3) is 98.7 Å². The summed E-state index contributed by atoms with van der Waals surface area (Å²) in [4.78, 5) is 5.46. The second-order valence-electron chi connectivity index (χ2n) is 39.8. The monoisotopic (exact) mass is 1440 g/mol. The van der Waals surface area contributed by atoms with Gasteiger partial charge in [0.15, 0.2) is 0 Å². The fraction of sp³-hybridized carbons (Fsp3) is 0.315. The van der Waals surface area contributed by atoms with Gasteiger partial charge >= 0.3 is 0 Å². The number of rotatable bonds is 13. The maximum atomic E-state index is 2.75. The van der Waals surface area contributed by atoms with Crippen LogP contribution in [0.15, 0.2) is 272 Å². The molecule has 0 fully saturated rings. The lowest BCUT2D eigenvalue weighted by Crippen LogP contribution is -2.25. The highest BCUT2D eigenvalue weighted by Crippen LogP contribution is 2.57. The lowest BCUT2D eigenvalue weighted by molar-refractivity contribution is 0.406. The van der Waals surface area contributed by atoms with Crippen LogP contribution in [0.4, 0.5) is 28.4 Å². The van der Waals surface area contributed by atoms with Gasteiger partial charge in [-0.05, 0) is 240 Å². The Labute approximate surface area is 661 Å². The summed E-state index contributed by atoms with van der Waals surface area (Å²) in [6.45, 7) is 59.4. The van der Waals surface area contributed by atoms with Crippen molar-refractivity contribution < 1.29 is 0 Å². The van der Waals surface area contributed by atoms with E-state index in [0.29, 0.717) is 0 Å². The number of allylic oxidation sites excluding steroid dienone is 4. The molecule has 0 aliphatic rings. The summed E-state index contributed by atoms with van der Waals surface area (Å²) in [7, 11) is 0. The summed E-state index contributed by atoms with van der Waals surface area (Å²) >= 11 is 0. The molecule has 13 aromatic carbocycles.